The maximum atomic E-state index is 12.5. The van der Waals surface area contributed by atoms with Crippen molar-refractivity contribution in [1.82, 2.24) is 10.2 Å². The zero-order valence-corrected chi connectivity index (χ0v) is 19.2. The molecule has 1 saturated heterocycles. The minimum atomic E-state index is -0.982. The van der Waals surface area contributed by atoms with Crippen LogP contribution in [0.4, 0.5) is 4.79 Å². The predicted octanol–water partition coefficient (Wildman–Crippen LogP) is 4.02. The molecule has 7 nitrogen and oxygen atoms in total. The molecule has 1 fully saturated rings. The average Bonchev–Trinajstić information content (AvgIpc) is 3.08. The van der Waals surface area contributed by atoms with E-state index < -0.39 is 23.5 Å². The highest BCUT2D eigenvalue weighted by atomic mass is 16.5. The van der Waals surface area contributed by atoms with Gasteiger partial charge < -0.3 is 20.1 Å². The summed E-state index contributed by atoms with van der Waals surface area (Å²) >= 11 is 0. The van der Waals surface area contributed by atoms with Crippen molar-refractivity contribution in [3.05, 3.63) is 59.7 Å². The van der Waals surface area contributed by atoms with Crippen molar-refractivity contribution in [2.45, 2.75) is 51.6 Å². The number of carbonyl (C=O) groups excluding carboxylic acids is 2. The SMILES string of the molecule is CC(CCC(=O)N1CC(C)(C)C1C(=O)O)NC(=O)OCC1c2ccccc2-c2ccccc21. The Kier molecular flexibility index (Phi) is 6.15. The van der Waals surface area contributed by atoms with Gasteiger partial charge in [0.15, 0.2) is 0 Å². The third kappa shape index (κ3) is 4.45. The number of likely N-dealkylation sites (tertiary alicyclic amines) is 1. The molecule has 2 aromatic rings. The summed E-state index contributed by atoms with van der Waals surface area (Å²) in [5.74, 6) is -1.20. The number of fused-ring (bicyclic) bond motifs is 3. The van der Waals surface area contributed by atoms with Crippen LogP contribution >= 0.6 is 0 Å². The second-order valence-electron chi connectivity index (χ2n) is 9.66. The summed E-state index contributed by atoms with van der Waals surface area (Å²) in [6.07, 6.45) is 0.0575. The Bertz CT molecular complexity index is 1030. The molecule has 1 aliphatic carbocycles. The molecule has 4 rings (SSSR count). The van der Waals surface area contributed by atoms with Gasteiger partial charge in [0, 0.05) is 30.3 Å². The summed E-state index contributed by atoms with van der Waals surface area (Å²) in [6, 6.07) is 15.2. The van der Waals surface area contributed by atoms with E-state index in [9.17, 15) is 19.5 Å². The van der Waals surface area contributed by atoms with Gasteiger partial charge in [0.05, 0.1) is 0 Å². The molecule has 2 amide bonds. The zero-order valence-electron chi connectivity index (χ0n) is 19.2. The van der Waals surface area contributed by atoms with Gasteiger partial charge in [0.2, 0.25) is 5.91 Å². The van der Waals surface area contributed by atoms with Gasteiger partial charge in [-0.25, -0.2) is 9.59 Å². The van der Waals surface area contributed by atoms with Crippen molar-refractivity contribution in [3.8, 4) is 11.1 Å². The number of carboxylic acids is 1. The maximum Gasteiger partial charge on any atom is 0.407 e. The summed E-state index contributed by atoms with van der Waals surface area (Å²) in [5.41, 5.74) is 4.21. The number of nitrogens with zero attached hydrogens (tertiary/aromatic N) is 1. The Morgan fingerprint density at radius 2 is 1.67 bits per heavy atom. The molecule has 0 spiro atoms. The van der Waals surface area contributed by atoms with E-state index in [-0.39, 0.29) is 30.9 Å². The van der Waals surface area contributed by atoms with Crippen LogP contribution in [0.3, 0.4) is 0 Å². The smallest absolute Gasteiger partial charge is 0.407 e. The summed E-state index contributed by atoms with van der Waals surface area (Å²) in [7, 11) is 0. The van der Waals surface area contributed by atoms with Crippen molar-refractivity contribution in [2.75, 3.05) is 13.2 Å². The summed E-state index contributed by atoms with van der Waals surface area (Å²) in [5, 5.41) is 12.2. The number of hydrogen-bond acceptors (Lipinski definition) is 4. The van der Waals surface area contributed by atoms with E-state index in [1.807, 2.05) is 45.0 Å². The highest BCUT2D eigenvalue weighted by Gasteiger charge is 2.52. The lowest BCUT2D eigenvalue weighted by molar-refractivity contribution is -0.171. The van der Waals surface area contributed by atoms with E-state index in [2.05, 4.69) is 29.6 Å². The first kappa shape index (κ1) is 22.8. The first-order valence-electron chi connectivity index (χ1n) is 11.3. The molecule has 0 saturated carbocycles. The fraction of sp³-hybridized carbons (Fsp3) is 0.423. The van der Waals surface area contributed by atoms with Crippen molar-refractivity contribution < 1.29 is 24.2 Å². The Morgan fingerprint density at radius 1 is 1.09 bits per heavy atom. The molecule has 0 bridgehead atoms. The number of benzene rings is 2. The highest BCUT2D eigenvalue weighted by Crippen LogP contribution is 2.44. The molecule has 2 aliphatic rings. The molecule has 174 valence electrons. The maximum absolute atomic E-state index is 12.5. The van der Waals surface area contributed by atoms with Gasteiger partial charge in [0.25, 0.3) is 0 Å². The second kappa shape index (κ2) is 8.89. The predicted molar refractivity (Wildman–Crippen MR) is 124 cm³/mol. The molecule has 2 atom stereocenters. The highest BCUT2D eigenvalue weighted by molar-refractivity contribution is 5.86. The number of aliphatic carboxylic acids is 1. The van der Waals surface area contributed by atoms with Gasteiger partial charge in [-0.1, -0.05) is 62.4 Å². The Labute approximate surface area is 193 Å². The fourth-order valence-corrected chi connectivity index (χ4v) is 5.02. The summed E-state index contributed by atoms with van der Waals surface area (Å²) < 4.78 is 5.55. The van der Waals surface area contributed by atoms with Crippen LogP contribution in [-0.2, 0) is 14.3 Å². The van der Waals surface area contributed by atoms with Gasteiger partial charge in [-0.05, 0) is 35.6 Å². The fourth-order valence-electron chi connectivity index (χ4n) is 5.02. The number of carbonyl (C=O) groups is 3. The number of carboxylic acid groups (broad SMARTS) is 1. The van der Waals surface area contributed by atoms with Crippen LogP contribution in [0.1, 0.15) is 50.7 Å². The largest absolute Gasteiger partial charge is 0.480 e. The minimum Gasteiger partial charge on any atom is -0.480 e. The lowest BCUT2D eigenvalue weighted by atomic mass is 9.74. The molecule has 2 unspecified atom stereocenters. The molecule has 1 heterocycles. The molecule has 33 heavy (non-hydrogen) atoms. The second-order valence-corrected chi connectivity index (χ2v) is 9.66. The zero-order chi connectivity index (χ0) is 23.8. The van der Waals surface area contributed by atoms with E-state index >= 15 is 0 Å². The molecule has 2 aromatic carbocycles. The van der Waals surface area contributed by atoms with Crippen LogP contribution in [0.15, 0.2) is 48.5 Å². The van der Waals surface area contributed by atoms with Crippen LogP contribution in [0.25, 0.3) is 11.1 Å². The first-order valence-corrected chi connectivity index (χ1v) is 11.3. The monoisotopic (exact) mass is 450 g/mol. The Morgan fingerprint density at radius 3 is 2.21 bits per heavy atom. The van der Waals surface area contributed by atoms with Crippen LogP contribution in [0.5, 0.6) is 0 Å². The number of hydrogen-bond donors (Lipinski definition) is 2. The summed E-state index contributed by atoms with van der Waals surface area (Å²) in [4.78, 5) is 37.7. The van der Waals surface area contributed by atoms with E-state index in [1.165, 1.54) is 16.0 Å². The number of nitrogens with one attached hydrogen (secondary N) is 1. The Balaban J connectivity index is 1.27. The molecule has 0 aromatic heterocycles. The lowest BCUT2D eigenvalue weighted by Gasteiger charge is -2.51. The standard InChI is InChI=1S/C26H30N2O5/c1-16(12-13-22(29)28-15-26(2,3)23(28)24(30)31)27-25(32)33-14-21-19-10-6-4-8-17(19)18-9-5-7-11-20(18)21/h4-11,16,21,23H,12-15H2,1-3H3,(H,27,32)(H,30,31). The van der Waals surface area contributed by atoms with Crippen molar-refractivity contribution in [3.63, 3.8) is 0 Å². The normalized spacial score (nSPS) is 19.1. The van der Waals surface area contributed by atoms with Crippen LogP contribution < -0.4 is 5.32 Å². The van der Waals surface area contributed by atoms with Gasteiger partial charge in [0.1, 0.15) is 12.6 Å². The number of amides is 2. The van der Waals surface area contributed by atoms with Crippen LogP contribution in [-0.4, -0.2) is 53.2 Å². The van der Waals surface area contributed by atoms with Crippen molar-refractivity contribution in [2.24, 2.45) is 5.41 Å². The van der Waals surface area contributed by atoms with E-state index in [4.69, 9.17) is 4.74 Å². The van der Waals surface area contributed by atoms with Gasteiger partial charge >= 0.3 is 12.1 Å². The number of alkyl carbamates (subject to hydrolysis) is 1. The van der Waals surface area contributed by atoms with Crippen LogP contribution in [0.2, 0.25) is 0 Å². The molecule has 1 aliphatic heterocycles. The van der Waals surface area contributed by atoms with E-state index in [1.54, 1.807) is 0 Å². The molecular formula is C26H30N2O5. The molecular weight excluding hydrogens is 420 g/mol. The van der Waals surface area contributed by atoms with Crippen molar-refractivity contribution >= 4 is 18.0 Å². The van der Waals surface area contributed by atoms with Gasteiger partial charge in [-0.3, -0.25) is 4.79 Å². The minimum absolute atomic E-state index is 0.0113. The third-order valence-corrected chi connectivity index (χ3v) is 6.68. The van der Waals surface area contributed by atoms with E-state index in [0.29, 0.717) is 13.0 Å². The van der Waals surface area contributed by atoms with E-state index in [0.717, 1.165) is 11.1 Å². The molecule has 2 N–H and O–H groups in total. The first-order chi connectivity index (χ1) is 15.7. The number of rotatable bonds is 7. The number of ether oxygens (including phenoxy) is 1. The lowest BCUT2D eigenvalue weighted by Crippen LogP contribution is -2.67. The average molecular weight is 451 g/mol. The van der Waals surface area contributed by atoms with Gasteiger partial charge in [-0.2, -0.15) is 0 Å². The van der Waals surface area contributed by atoms with Crippen molar-refractivity contribution in [1.29, 1.82) is 0 Å². The molecule has 7 heteroatoms. The summed E-state index contributed by atoms with van der Waals surface area (Å²) in [6.45, 7) is 6.16. The Hall–Kier alpha value is -3.35. The quantitative estimate of drug-likeness (QED) is 0.664. The topological polar surface area (TPSA) is 95.9 Å². The molecule has 0 radical (unpaired) electrons. The van der Waals surface area contributed by atoms with Gasteiger partial charge in [-0.15, -0.1) is 0 Å². The van der Waals surface area contributed by atoms with Crippen LogP contribution in [0, 0.1) is 5.41 Å². The third-order valence-electron chi connectivity index (χ3n) is 6.68.